The van der Waals surface area contributed by atoms with Crippen LogP contribution in [-0.4, -0.2) is 27.5 Å². The number of fused-ring (bicyclic) bond motifs is 1. The number of nitrogens with zero attached hydrogens (tertiary/aromatic N) is 2. The van der Waals surface area contributed by atoms with E-state index in [9.17, 15) is 9.18 Å². The van der Waals surface area contributed by atoms with Crippen molar-refractivity contribution in [1.82, 2.24) is 20.3 Å². The molecule has 2 heterocycles. The number of pyridine rings is 1. The zero-order valence-corrected chi connectivity index (χ0v) is 11.9. The lowest BCUT2D eigenvalue weighted by molar-refractivity contribution is 0.252. The van der Waals surface area contributed by atoms with Crippen LogP contribution in [-0.2, 0) is 0 Å². The Kier molecular flexibility index (Phi) is 3.69. The molecular weight excluding hydrogens is 285 g/mol. The highest BCUT2D eigenvalue weighted by atomic mass is 19.1. The Morgan fingerprint density at radius 2 is 2.23 bits per heavy atom. The molecule has 0 aliphatic rings. The van der Waals surface area contributed by atoms with Crippen molar-refractivity contribution in [1.29, 1.82) is 0 Å². The number of aromatic nitrogens is 3. The van der Waals surface area contributed by atoms with Crippen LogP contribution < -0.4 is 10.6 Å². The van der Waals surface area contributed by atoms with E-state index in [0.29, 0.717) is 17.6 Å². The topological polar surface area (TPSA) is 82.7 Å². The van der Waals surface area contributed by atoms with E-state index in [4.69, 9.17) is 0 Å². The lowest BCUT2D eigenvalue weighted by atomic mass is 10.1. The molecule has 0 bridgehead atoms. The van der Waals surface area contributed by atoms with Crippen molar-refractivity contribution in [2.45, 2.75) is 6.92 Å². The number of H-pyrrole nitrogens is 1. The number of benzene rings is 1. The van der Waals surface area contributed by atoms with E-state index < -0.39 is 11.8 Å². The summed E-state index contributed by atoms with van der Waals surface area (Å²) in [4.78, 5) is 22.4. The number of amides is 2. The van der Waals surface area contributed by atoms with Gasteiger partial charge in [-0.25, -0.2) is 14.2 Å². The second-order valence-electron chi connectivity index (χ2n) is 4.67. The van der Waals surface area contributed by atoms with Crippen molar-refractivity contribution < 1.29 is 9.18 Å². The molecule has 0 atom stereocenters. The van der Waals surface area contributed by atoms with Gasteiger partial charge in [0, 0.05) is 24.5 Å². The largest absolute Gasteiger partial charge is 0.338 e. The van der Waals surface area contributed by atoms with Crippen LogP contribution in [0.25, 0.3) is 22.2 Å². The van der Waals surface area contributed by atoms with Gasteiger partial charge in [0.05, 0.1) is 5.52 Å². The maximum atomic E-state index is 14.2. The van der Waals surface area contributed by atoms with Crippen molar-refractivity contribution in [2.24, 2.45) is 0 Å². The summed E-state index contributed by atoms with van der Waals surface area (Å²) in [6.45, 7) is 2.30. The van der Waals surface area contributed by atoms with E-state index in [0.717, 1.165) is 5.56 Å². The number of halogens is 1. The standard InChI is InChI=1S/C15H14FN5O/c1-2-18-15(22)21-14-19-12-7-10(6-11(16)13(12)20-14)9-4-3-5-17-8-9/h3-8H,2H2,1H3,(H3,18,19,20,21,22). The van der Waals surface area contributed by atoms with Crippen molar-refractivity contribution in [3.8, 4) is 11.1 Å². The fraction of sp³-hybridized carbons (Fsp3) is 0.133. The van der Waals surface area contributed by atoms with E-state index in [-0.39, 0.29) is 11.5 Å². The van der Waals surface area contributed by atoms with Crippen molar-refractivity contribution >= 4 is 23.0 Å². The van der Waals surface area contributed by atoms with Crippen LogP contribution >= 0.6 is 0 Å². The van der Waals surface area contributed by atoms with Gasteiger partial charge in [0.1, 0.15) is 5.52 Å². The molecule has 0 spiro atoms. The third-order valence-electron chi connectivity index (χ3n) is 3.10. The molecule has 0 saturated heterocycles. The second kappa shape index (κ2) is 5.80. The Morgan fingerprint density at radius 1 is 1.36 bits per heavy atom. The van der Waals surface area contributed by atoms with Gasteiger partial charge >= 0.3 is 6.03 Å². The molecule has 0 saturated carbocycles. The summed E-state index contributed by atoms with van der Waals surface area (Å²) in [6, 6.07) is 6.40. The Hall–Kier alpha value is -2.96. The predicted octanol–water partition coefficient (Wildman–Crippen LogP) is 2.91. The van der Waals surface area contributed by atoms with Crippen molar-refractivity contribution in [3.05, 3.63) is 42.5 Å². The summed E-state index contributed by atoms with van der Waals surface area (Å²) in [5, 5.41) is 5.10. The van der Waals surface area contributed by atoms with Crippen molar-refractivity contribution in [3.63, 3.8) is 0 Å². The van der Waals surface area contributed by atoms with Gasteiger partial charge in [0.2, 0.25) is 5.95 Å². The van der Waals surface area contributed by atoms with Crippen LogP contribution in [0, 0.1) is 5.82 Å². The minimum absolute atomic E-state index is 0.180. The van der Waals surface area contributed by atoms with Gasteiger partial charge in [-0.1, -0.05) is 6.07 Å². The molecule has 0 aliphatic heterocycles. The third kappa shape index (κ3) is 2.73. The first kappa shape index (κ1) is 14.0. The molecule has 7 heteroatoms. The summed E-state index contributed by atoms with van der Waals surface area (Å²) in [7, 11) is 0. The highest BCUT2D eigenvalue weighted by Crippen LogP contribution is 2.26. The van der Waals surface area contributed by atoms with Gasteiger partial charge < -0.3 is 10.3 Å². The molecule has 0 fully saturated rings. The molecule has 1 aromatic carbocycles. The first-order valence-corrected chi connectivity index (χ1v) is 6.82. The number of hydrogen-bond donors (Lipinski definition) is 3. The smallest absolute Gasteiger partial charge is 0.321 e. The number of carbonyl (C=O) groups is 1. The van der Waals surface area contributed by atoms with Crippen LogP contribution in [0.4, 0.5) is 15.1 Å². The van der Waals surface area contributed by atoms with E-state index in [2.05, 4.69) is 25.6 Å². The molecule has 112 valence electrons. The first-order chi connectivity index (χ1) is 10.7. The van der Waals surface area contributed by atoms with Gasteiger partial charge in [0.25, 0.3) is 0 Å². The number of imidazole rings is 1. The summed E-state index contributed by atoms with van der Waals surface area (Å²) in [5.41, 5.74) is 2.17. The maximum Gasteiger partial charge on any atom is 0.321 e. The van der Waals surface area contributed by atoms with E-state index >= 15 is 0 Å². The van der Waals surface area contributed by atoms with Gasteiger partial charge in [-0.2, -0.15) is 0 Å². The molecule has 6 nitrogen and oxygen atoms in total. The zero-order valence-electron chi connectivity index (χ0n) is 11.9. The van der Waals surface area contributed by atoms with Crippen LogP contribution in [0.1, 0.15) is 6.92 Å². The maximum absolute atomic E-state index is 14.2. The molecule has 0 unspecified atom stereocenters. The van der Waals surface area contributed by atoms with Gasteiger partial charge in [-0.05, 0) is 30.7 Å². The number of anilines is 1. The zero-order chi connectivity index (χ0) is 15.5. The highest BCUT2D eigenvalue weighted by Gasteiger charge is 2.12. The average Bonchev–Trinajstić information content (AvgIpc) is 2.91. The number of urea groups is 1. The van der Waals surface area contributed by atoms with E-state index in [1.165, 1.54) is 6.07 Å². The molecule has 3 rings (SSSR count). The van der Waals surface area contributed by atoms with E-state index in [1.54, 1.807) is 31.5 Å². The molecule has 0 radical (unpaired) electrons. The molecule has 0 aliphatic carbocycles. The minimum atomic E-state index is -0.462. The molecule has 3 aromatic rings. The third-order valence-corrected chi connectivity index (χ3v) is 3.10. The van der Waals surface area contributed by atoms with Gasteiger partial charge in [-0.15, -0.1) is 0 Å². The average molecular weight is 299 g/mol. The first-order valence-electron chi connectivity index (χ1n) is 6.82. The molecule has 3 N–H and O–H groups in total. The fourth-order valence-electron chi connectivity index (χ4n) is 2.15. The van der Waals surface area contributed by atoms with Crippen LogP contribution in [0.5, 0.6) is 0 Å². The Morgan fingerprint density at radius 3 is 2.95 bits per heavy atom. The normalized spacial score (nSPS) is 10.6. The quantitative estimate of drug-likeness (QED) is 0.695. The van der Waals surface area contributed by atoms with Crippen LogP contribution in [0.15, 0.2) is 36.7 Å². The Labute approximate surface area is 125 Å². The minimum Gasteiger partial charge on any atom is -0.338 e. The number of nitrogens with one attached hydrogen (secondary N) is 3. The number of carbonyl (C=O) groups excluding carboxylic acids is 1. The summed E-state index contributed by atoms with van der Waals surface area (Å²) in [5.74, 6) is -0.264. The van der Waals surface area contributed by atoms with Gasteiger partial charge in [-0.3, -0.25) is 10.3 Å². The fourth-order valence-corrected chi connectivity index (χ4v) is 2.15. The second-order valence-corrected chi connectivity index (χ2v) is 4.67. The predicted molar refractivity (Wildman–Crippen MR) is 82.0 cm³/mol. The Bertz CT molecular complexity index is 815. The molecule has 2 amide bonds. The number of rotatable bonds is 3. The molecule has 2 aromatic heterocycles. The van der Waals surface area contributed by atoms with Crippen LogP contribution in [0.3, 0.4) is 0 Å². The Balaban J connectivity index is 1.98. The lowest BCUT2D eigenvalue weighted by Gasteiger charge is -2.01. The molecule has 22 heavy (non-hydrogen) atoms. The highest BCUT2D eigenvalue weighted by molar-refractivity contribution is 5.90. The van der Waals surface area contributed by atoms with Gasteiger partial charge in [0.15, 0.2) is 5.82 Å². The number of hydrogen-bond acceptors (Lipinski definition) is 3. The summed E-state index contributed by atoms with van der Waals surface area (Å²) >= 11 is 0. The lowest BCUT2D eigenvalue weighted by Crippen LogP contribution is -2.28. The summed E-state index contributed by atoms with van der Waals surface area (Å²) in [6.07, 6.45) is 3.31. The summed E-state index contributed by atoms with van der Waals surface area (Å²) < 4.78 is 14.2. The van der Waals surface area contributed by atoms with Crippen molar-refractivity contribution in [2.75, 3.05) is 11.9 Å². The van der Waals surface area contributed by atoms with E-state index in [1.807, 2.05) is 6.07 Å². The van der Waals surface area contributed by atoms with Crippen LogP contribution in [0.2, 0.25) is 0 Å². The monoisotopic (exact) mass is 299 g/mol. The molecular formula is C15H14FN5O. The number of aromatic amines is 1. The SMILES string of the molecule is CCNC(=O)Nc1nc2c(F)cc(-c3cccnc3)cc2[nH]1.